The first-order valence-corrected chi connectivity index (χ1v) is 20.1. The third kappa shape index (κ3) is 21.9. The lowest BCUT2D eigenvalue weighted by Crippen LogP contribution is -1.88. The molecule has 0 spiro atoms. The maximum atomic E-state index is 9.61. The van der Waals surface area contributed by atoms with Crippen molar-refractivity contribution in [2.24, 2.45) is 0 Å². The maximum Gasteiger partial charge on any atom is 0.128 e. The van der Waals surface area contributed by atoms with E-state index in [1.807, 2.05) is 112 Å². The molecule has 0 heterocycles. The molecule has 0 saturated heterocycles. The SMILES string of the molecule is C=C.C=C.C=C/C=C/C.C=CCC=C.C=Cc1ccc(C)cc1/C=C(\C)O.C=Cc1ccc(Oc2ccc3ccc(O)cc3c2)cc1/C=C(\C)O.Cc1ccc2ccc(O)cc2c1. The van der Waals surface area contributed by atoms with Crippen LogP contribution in [0.1, 0.15) is 60.6 Å². The van der Waals surface area contributed by atoms with Gasteiger partial charge in [-0.25, -0.2) is 0 Å². The van der Waals surface area contributed by atoms with Crippen molar-refractivity contribution in [3.05, 3.63) is 244 Å². The van der Waals surface area contributed by atoms with Gasteiger partial charge in [-0.05, 0) is 146 Å². The Morgan fingerprint density at radius 3 is 1.37 bits per heavy atom. The van der Waals surface area contributed by atoms with Crippen molar-refractivity contribution >= 4 is 45.8 Å². The Morgan fingerprint density at radius 1 is 0.508 bits per heavy atom. The van der Waals surface area contributed by atoms with Crippen LogP contribution in [0.5, 0.6) is 23.0 Å². The Balaban J connectivity index is 0.000000838. The van der Waals surface area contributed by atoms with Gasteiger partial charge in [-0.15, -0.1) is 39.5 Å². The molecule has 6 rings (SSSR count). The van der Waals surface area contributed by atoms with Gasteiger partial charge in [0.15, 0.2) is 0 Å². The molecule has 0 fully saturated rings. The number of phenolic OH excluding ortho intramolecular Hbond substituents is 2. The van der Waals surface area contributed by atoms with Crippen molar-refractivity contribution in [3.63, 3.8) is 0 Å². The van der Waals surface area contributed by atoms with Crippen molar-refractivity contribution in [2.75, 3.05) is 0 Å². The molecule has 6 aromatic carbocycles. The van der Waals surface area contributed by atoms with Crippen molar-refractivity contribution < 1.29 is 25.2 Å². The van der Waals surface area contributed by atoms with Gasteiger partial charge in [0.25, 0.3) is 0 Å². The number of ether oxygens (including phenoxy) is 1. The quantitative estimate of drug-likeness (QED) is 0.0661. The first kappa shape index (κ1) is 55.2. The number of hydrogen-bond acceptors (Lipinski definition) is 5. The number of rotatable bonds is 9. The van der Waals surface area contributed by atoms with Crippen molar-refractivity contribution in [1.29, 1.82) is 0 Å². The maximum absolute atomic E-state index is 9.61. The minimum atomic E-state index is 0.219. The van der Waals surface area contributed by atoms with Gasteiger partial charge in [-0.1, -0.05) is 134 Å². The van der Waals surface area contributed by atoms with E-state index in [0.29, 0.717) is 23.0 Å². The summed E-state index contributed by atoms with van der Waals surface area (Å²) in [5, 5.41) is 41.7. The molecule has 4 N–H and O–H groups in total. The molecular weight excluding hydrogens is 777 g/mol. The van der Waals surface area contributed by atoms with Crippen LogP contribution in [0.25, 0.3) is 45.8 Å². The second-order valence-corrected chi connectivity index (χ2v) is 13.3. The highest BCUT2D eigenvalue weighted by atomic mass is 16.5. The van der Waals surface area contributed by atoms with Crippen molar-refractivity contribution in [1.82, 2.24) is 0 Å². The summed E-state index contributed by atoms with van der Waals surface area (Å²) >= 11 is 0. The van der Waals surface area contributed by atoms with Crippen LogP contribution in [0.2, 0.25) is 0 Å². The van der Waals surface area contributed by atoms with Crippen LogP contribution in [-0.4, -0.2) is 20.4 Å². The monoisotopic (exact) mass is 842 g/mol. The van der Waals surface area contributed by atoms with E-state index in [0.717, 1.165) is 44.8 Å². The highest BCUT2D eigenvalue weighted by Crippen LogP contribution is 2.30. The lowest BCUT2D eigenvalue weighted by Gasteiger charge is -2.10. The molecule has 63 heavy (non-hydrogen) atoms. The second-order valence-electron chi connectivity index (χ2n) is 13.3. The molecule has 0 amide bonds. The Kier molecular flexibility index (Phi) is 28.1. The van der Waals surface area contributed by atoms with E-state index in [1.54, 1.807) is 68.5 Å². The summed E-state index contributed by atoms with van der Waals surface area (Å²) < 4.78 is 5.92. The van der Waals surface area contributed by atoms with E-state index in [1.165, 1.54) is 16.5 Å². The predicted molar refractivity (Wildman–Crippen MR) is 279 cm³/mol. The molecule has 0 aliphatic rings. The van der Waals surface area contributed by atoms with E-state index in [-0.39, 0.29) is 11.5 Å². The Labute approximate surface area is 377 Å². The van der Waals surface area contributed by atoms with E-state index in [2.05, 4.69) is 77.4 Å². The fraction of sp³-hybridized carbons (Fsp3) is 0.103. The fourth-order valence-corrected chi connectivity index (χ4v) is 5.40. The summed E-state index contributed by atoms with van der Waals surface area (Å²) in [5.74, 6) is 2.42. The minimum Gasteiger partial charge on any atom is -0.513 e. The van der Waals surface area contributed by atoms with Crippen LogP contribution >= 0.6 is 0 Å². The molecule has 328 valence electrons. The summed E-state index contributed by atoms with van der Waals surface area (Å²) in [6, 6.07) is 34.2. The van der Waals surface area contributed by atoms with Gasteiger partial charge in [-0.2, -0.15) is 0 Å². The van der Waals surface area contributed by atoms with Crippen LogP contribution in [0.3, 0.4) is 0 Å². The van der Waals surface area contributed by atoms with Crippen LogP contribution < -0.4 is 4.74 Å². The number of aromatic hydroxyl groups is 2. The topological polar surface area (TPSA) is 90.2 Å². The van der Waals surface area contributed by atoms with E-state index < -0.39 is 0 Å². The van der Waals surface area contributed by atoms with Crippen molar-refractivity contribution in [2.45, 2.75) is 41.0 Å². The highest BCUT2D eigenvalue weighted by Gasteiger charge is 2.05. The smallest absolute Gasteiger partial charge is 0.128 e. The summed E-state index contributed by atoms with van der Waals surface area (Å²) in [5.41, 5.74) is 6.19. The highest BCUT2D eigenvalue weighted by molar-refractivity contribution is 5.85. The Morgan fingerprint density at radius 2 is 0.921 bits per heavy atom. The van der Waals surface area contributed by atoms with Gasteiger partial charge in [0.2, 0.25) is 0 Å². The van der Waals surface area contributed by atoms with E-state index >= 15 is 0 Å². The van der Waals surface area contributed by atoms with Gasteiger partial charge in [0.05, 0.1) is 11.5 Å². The van der Waals surface area contributed by atoms with E-state index in [9.17, 15) is 15.3 Å². The minimum absolute atomic E-state index is 0.219. The molecule has 0 radical (unpaired) electrons. The van der Waals surface area contributed by atoms with Gasteiger partial charge in [0, 0.05) is 0 Å². The predicted octanol–water partition coefficient (Wildman–Crippen LogP) is 17.4. The molecule has 0 aliphatic carbocycles. The summed E-state index contributed by atoms with van der Waals surface area (Å²) in [7, 11) is 0. The summed E-state index contributed by atoms with van der Waals surface area (Å²) in [4.78, 5) is 0. The number of phenols is 2. The standard InChI is InChI=1S/C21H18O3.C12H14O.C11H10O.2C5H8.2C2H4/c1-3-15-5-8-20(12-17(15)10-14(2)22)24-21-9-6-16-4-7-19(23)11-18(16)13-21;1-4-11-6-5-9(2)7-12(11)8-10(3)13;1-8-2-3-9-4-5-11(12)7-10(9)6-8;2*1-3-5-4-2;2*1-2/h3-13,22-23H,1H2,2H3;4-8,13H,1H2,2-3H3;2-7,12H,1H3;3-5H,1H2,2H3;3-4H,1-2,5H2;2*1-2H2/b14-10+;10-8+;;5-4+;;;. The van der Waals surface area contributed by atoms with Crippen LogP contribution in [-0.2, 0) is 0 Å². The average molecular weight is 843 g/mol. The molecule has 0 saturated carbocycles. The third-order valence-electron chi connectivity index (χ3n) is 8.14. The second kappa shape index (κ2) is 32.1. The first-order valence-electron chi connectivity index (χ1n) is 20.1. The lowest BCUT2D eigenvalue weighted by atomic mass is 10.0. The van der Waals surface area contributed by atoms with Crippen LogP contribution in [0, 0.1) is 13.8 Å². The fourth-order valence-electron chi connectivity index (χ4n) is 5.40. The number of aliphatic hydroxyl groups is 2. The van der Waals surface area contributed by atoms with Crippen LogP contribution in [0.15, 0.2) is 210 Å². The van der Waals surface area contributed by atoms with Gasteiger partial charge in [-0.3, -0.25) is 0 Å². The number of benzene rings is 6. The van der Waals surface area contributed by atoms with Crippen LogP contribution in [0.4, 0.5) is 0 Å². The molecule has 0 unspecified atom stereocenters. The van der Waals surface area contributed by atoms with E-state index in [4.69, 9.17) is 9.84 Å². The van der Waals surface area contributed by atoms with Gasteiger partial charge in [0.1, 0.15) is 23.0 Å². The average Bonchev–Trinajstić information content (AvgIpc) is 3.26. The molecule has 5 heteroatoms. The first-order chi connectivity index (χ1) is 30.3. The molecule has 0 atom stereocenters. The third-order valence-corrected chi connectivity index (χ3v) is 8.14. The zero-order chi connectivity index (χ0) is 47.7. The van der Waals surface area contributed by atoms with Crippen molar-refractivity contribution in [3.8, 4) is 23.0 Å². The lowest BCUT2D eigenvalue weighted by molar-refractivity contribution is 0.419. The number of hydrogen-bond donors (Lipinski definition) is 4. The summed E-state index contributed by atoms with van der Waals surface area (Å²) in [6.07, 6.45) is 17.0. The normalized spacial score (nSPS) is 10.0. The Hall–Kier alpha value is -7.76. The molecular formula is C58H66O5. The molecule has 0 bridgehead atoms. The molecule has 5 nitrogen and oxygen atoms in total. The molecule has 0 aromatic heterocycles. The number of aryl methyl sites for hydroxylation is 2. The zero-order valence-electron chi connectivity index (χ0n) is 37.9. The molecule has 0 aliphatic heterocycles. The van der Waals surface area contributed by atoms with Gasteiger partial charge < -0.3 is 25.2 Å². The summed E-state index contributed by atoms with van der Waals surface area (Å²) in [6.45, 7) is 39.2. The molecule has 6 aromatic rings. The largest absolute Gasteiger partial charge is 0.513 e. The number of fused-ring (bicyclic) bond motifs is 2. The zero-order valence-corrected chi connectivity index (χ0v) is 37.9. The van der Waals surface area contributed by atoms with Gasteiger partial charge >= 0.3 is 0 Å². The number of allylic oxidation sites excluding steroid dienone is 7. The number of aliphatic hydroxyl groups excluding tert-OH is 2. The Bertz CT molecular complexity index is 2410.